The number of nitrogens with zero attached hydrogens (tertiary/aromatic N) is 3. The van der Waals surface area contributed by atoms with Gasteiger partial charge in [-0.15, -0.1) is 13.2 Å². The maximum atomic E-state index is 13.2. The van der Waals surface area contributed by atoms with Gasteiger partial charge in [-0.2, -0.15) is 13.2 Å². The minimum Gasteiger partial charge on any atom is -0.463 e. The van der Waals surface area contributed by atoms with E-state index in [1.807, 2.05) is 0 Å². The monoisotopic (exact) mass is 477 g/mol. The smallest absolute Gasteiger partial charge is 0.463 e. The molecule has 0 saturated heterocycles. The zero-order valence-corrected chi connectivity index (χ0v) is 16.9. The lowest BCUT2D eigenvalue weighted by Crippen LogP contribution is -2.28. The fraction of sp³-hybridized carbons (Fsp3) is 0.211. The molecule has 0 atom stereocenters. The summed E-state index contributed by atoms with van der Waals surface area (Å²) in [6, 6.07) is 8.19. The minimum absolute atomic E-state index is 0.0964. The molecule has 0 saturated carbocycles. The Hall–Kier alpha value is -3.22. The van der Waals surface area contributed by atoms with Gasteiger partial charge in [0.15, 0.2) is 10.9 Å². The largest absolute Gasteiger partial charge is 0.573 e. The molecule has 0 aliphatic carbocycles. The first-order chi connectivity index (χ1) is 14.9. The molecule has 170 valence electrons. The summed E-state index contributed by atoms with van der Waals surface area (Å²) in [4.78, 5) is 21.0. The molecule has 0 radical (unpaired) electrons. The number of furan rings is 1. The summed E-state index contributed by atoms with van der Waals surface area (Å²) in [7, 11) is 1.36. The van der Waals surface area contributed by atoms with E-state index in [4.69, 9.17) is 4.42 Å². The predicted molar refractivity (Wildman–Crippen MR) is 102 cm³/mol. The summed E-state index contributed by atoms with van der Waals surface area (Å²) < 4.78 is 85.1. The van der Waals surface area contributed by atoms with E-state index in [0.717, 1.165) is 23.1 Å². The van der Waals surface area contributed by atoms with E-state index in [-0.39, 0.29) is 28.1 Å². The summed E-state index contributed by atoms with van der Waals surface area (Å²) in [5.74, 6) is -1.22. The summed E-state index contributed by atoms with van der Waals surface area (Å²) in [6.07, 6.45) is -8.30. The predicted octanol–water partition coefficient (Wildman–Crippen LogP) is 5.41. The van der Waals surface area contributed by atoms with Crippen LogP contribution in [0.4, 0.5) is 32.0 Å². The minimum atomic E-state index is -4.85. The second-order valence-electron chi connectivity index (χ2n) is 6.18. The van der Waals surface area contributed by atoms with Gasteiger partial charge in [0.1, 0.15) is 17.1 Å². The maximum Gasteiger partial charge on any atom is 0.573 e. The van der Waals surface area contributed by atoms with Crippen LogP contribution in [-0.4, -0.2) is 35.0 Å². The SMILES string of the molecule is CN(C(=O)CSc1nc(-c2ccco2)cc(C(F)(F)F)n1)c1ccc(OC(F)(F)F)cc1. The number of thioether (sulfide) groups is 1. The third-order valence-electron chi connectivity index (χ3n) is 3.93. The summed E-state index contributed by atoms with van der Waals surface area (Å²) in [5.41, 5.74) is -1.03. The second kappa shape index (κ2) is 9.10. The number of halogens is 6. The molecule has 0 fully saturated rings. The van der Waals surface area contributed by atoms with Crippen LogP contribution in [0.5, 0.6) is 5.75 Å². The number of carbonyl (C=O) groups excluding carboxylic acids is 1. The molecule has 3 rings (SSSR count). The summed E-state index contributed by atoms with van der Waals surface area (Å²) in [6.45, 7) is 0. The number of rotatable bonds is 6. The highest BCUT2D eigenvalue weighted by Crippen LogP contribution is 2.32. The zero-order valence-electron chi connectivity index (χ0n) is 16.1. The third kappa shape index (κ3) is 6.15. The molecule has 13 heteroatoms. The van der Waals surface area contributed by atoms with Crippen LogP contribution in [0.2, 0.25) is 0 Å². The van der Waals surface area contributed by atoms with Crippen molar-refractivity contribution in [2.24, 2.45) is 0 Å². The van der Waals surface area contributed by atoms with Crippen molar-refractivity contribution in [3.63, 3.8) is 0 Å². The molecule has 2 heterocycles. The first-order valence-electron chi connectivity index (χ1n) is 8.68. The highest BCUT2D eigenvalue weighted by molar-refractivity contribution is 7.99. The van der Waals surface area contributed by atoms with E-state index in [1.54, 1.807) is 0 Å². The molecule has 32 heavy (non-hydrogen) atoms. The van der Waals surface area contributed by atoms with Crippen molar-refractivity contribution in [3.05, 3.63) is 54.4 Å². The average Bonchev–Trinajstić information content (AvgIpc) is 3.25. The highest BCUT2D eigenvalue weighted by atomic mass is 32.2. The Bertz CT molecular complexity index is 1070. The quantitative estimate of drug-likeness (QED) is 0.269. The topological polar surface area (TPSA) is 68.5 Å². The lowest BCUT2D eigenvalue weighted by Gasteiger charge is -2.18. The zero-order chi connectivity index (χ0) is 23.5. The number of benzene rings is 1. The van der Waals surface area contributed by atoms with Gasteiger partial charge in [-0.1, -0.05) is 11.8 Å². The molecule has 1 amide bonds. The molecule has 2 aromatic heterocycles. The van der Waals surface area contributed by atoms with Crippen molar-refractivity contribution >= 4 is 23.4 Å². The second-order valence-corrected chi connectivity index (χ2v) is 7.12. The average molecular weight is 477 g/mol. The molecule has 0 bridgehead atoms. The van der Waals surface area contributed by atoms with E-state index < -0.39 is 29.9 Å². The number of alkyl halides is 6. The van der Waals surface area contributed by atoms with Crippen molar-refractivity contribution < 1.29 is 40.3 Å². The summed E-state index contributed by atoms with van der Waals surface area (Å²) >= 11 is 0.676. The van der Waals surface area contributed by atoms with Crippen LogP contribution in [0.25, 0.3) is 11.5 Å². The molecule has 0 N–H and O–H groups in total. The van der Waals surface area contributed by atoms with Crippen molar-refractivity contribution in [2.75, 3.05) is 17.7 Å². The molecule has 6 nitrogen and oxygen atoms in total. The van der Waals surface area contributed by atoms with Gasteiger partial charge in [0, 0.05) is 12.7 Å². The van der Waals surface area contributed by atoms with Gasteiger partial charge in [-0.05, 0) is 42.5 Å². The van der Waals surface area contributed by atoms with Gasteiger partial charge in [-0.3, -0.25) is 4.79 Å². The van der Waals surface area contributed by atoms with E-state index >= 15 is 0 Å². The van der Waals surface area contributed by atoms with Gasteiger partial charge in [0.05, 0.1) is 12.0 Å². The Labute approximate surface area is 181 Å². The van der Waals surface area contributed by atoms with Crippen LogP contribution in [-0.2, 0) is 11.0 Å². The number of ether oxygens (including phenoxy) is 1. The van der Waals surface area contributed by atoms with Crippen molar-refractivity contribution in [2.45, 2.75) is 17.7 Å². The van der Waals surface area contributed by atoms with Gasteiger partial charge < -0.3 is 14.1 Å². The fourth-order valence-electron chi connectivity index (χ4n) is 2.42. The van der Waals surface area contributed by atoms with Crippen LogP contribution < -0.4 is 9.64 Å². The lowest BCUT2D eigenvalue weighted by atomic mass is 10.2. The number of anilines is 1. The van der Waals surface area contributed by atoms with E-state index in [2.05, 4.69) is 14.7 Å². The third-order valence-corrected chi connectivity index (χ3v) is 4.76. The molecule has 3 aromatic rings. The number of carbonyl (C=O) groups is 1. The maximum absolute atomic E-state index is 13.2. The van der Waals surface area contributed by atoms with Gasteiger partial charge in [0.25, 0.3) is 0 Å². The summed E-state index contributed by atoms with van der Waals surface area (Å²) in [5, 5.41) is -0.290. The number of hydrogen-bond acceptors (Lipinski definition) is 6. The van der Waals surface area contributed by atoms with Gasteiger partial charge >= 0.3 is 12.5 Å². The van der Waals surface area contributed by atoms with Gasteiger partial charge in [-0.25, -0.2) is 9.97 Å². The first kappa shape index (κ1) is 23.4. The van der Waals surface area contributed by atoms with E-state index in [0.29, 0.717) is 11.8 Å². The Morgan fingerprint density at radius 3 is 2.34 bits per heavy atom. The van der Waals surface area contributed by atoms with Crippen molar-refractivity contribution in [3.8, 4) is 17.2 Å². The van der Waals surface area contributed by atoms with Gasteiger partial charge in [0.2, 0.25) is 5.91 Å². The Kier molecular flexibility index (Phi) is 6.67. The fourth-order valence-corrected chi connectivity index (χ4v) is 3.20. The number of amides is 1. The van der Waals surface area contributed by atoms with Crippen LogP contribution in [0, 0.1) is 0 Å². The molecular formula is C19H13F6N3O3S. The molecular weight excluding hydrogens is 464 g/mol. The first-order valence-corrected chi connectivity index (χ1v) is 9.66. The Morgan fingerprint density at radius 2 is 1.78 bits per heavy atom. The van der Waals surface area contributed by atoms with Crippen molar-refractivity contribution in [1.29, 1.82) is 0 Å². The van der Waals surface area contributed by atoms with Crippen LogP contribution in [0.3, 0.4) is 0 Å². The lowest BCUT2D eigenvalue weighted by molar-refractivity contribution is -0.274. The molecule has 1 aromatic carbocycles. The molecule has 0 aliphatic heterocycles. The van der Waals surface area contributed by atoms with Crippen LogP contribution in [0.15, 0.2) is 58.3 Å². The normalized spacial score (nSPS) is 12.0. The molecule has 0 spiro atoms. The number of hydrogen-bond donors (Lipinski definition) is 0. The Balaban J connectivity index is 1.71. The van der Waals surface area contributed by atoms with Crippen molar-refractivity contribution in [1.82, 2.24) is 9.97 Å². The molecule has 0 aliphatic rings. The van der Waals surface area contributed by atoms with Crippen LogP contribution in [0.1, 0.15) is 5.69 Å². The van der Waals surface area contributed by atoms with E-state index in [1.165, 1.54) is 37.6 Å². The standard InChI is InChI=1S/C19H13F6N3O3S/c1-28(11-4-6-12(7-5-11)31-19(23,24)25)16(29)10-32-17-26-13(14-3-2-8-30-14)9-15(27-17)18(20,21)22/h2-9H,10H2,1H3. The highest BCUT2D eigenvalue weighted by Gasteiger charge is 2.34. The molecule has 0 unspecified atom stereocenters. The van der Waals surface area contributed by atoms with E-state index in [9.17, 15) is 31.1 Å². The Morgan fingerprint density at radius 1 is 1.09 bits per heavy atom. The van der Waals surface area contributed by atoms with Crippen LogP contribution >= 0.6 is 11.8 Å². The number of aromatic nitrogens is 2.